The average Bonchev–Trinajstić information content (AvgIpc) is 2.66. The SMILES string of the molecule is C#CC(O)CC(=O)NNC(=O)c1ccccc1Cc1ccc(C(F)(F)F)cc1. The molecule has 0 aromatic heterocycles. The maximum absolute atomic E-state index is 12.7. The molecule has 0 saturated heterocycles. The van der Waals surface area contributed by atoms with Crippen molar-refractivity contribution in [3.63, 3.8) is 0 Å². The van der Waals surface area contributed by atoms with E-state index in [4.69, 9.17) is 6.42 Å². The van der Waals surface area contributed by atoms with Gasteiger partial charge in [-0.2, -0.15) is 13.2 Å². The fourth-order valence-electron chi connectivity index (χ4n) is 2.41. The molecule has 146 valence electrons. The number of hydrazine groups is 1. The van der Waals surface area contributed by atoms with Crippen molar-refractivity contribution in [2.75, 3.05) is 0 Å². The highest BCUT2D eigenvalue weighted by molar-refractivity contribution is 5.96. The molecule has 0 radical (unpaired) electrons. The van der Waals surface area contributed by atoms with Crippen molar-refractivity contribution < 1.29 is 27.9 Å². The van der Waals surface area contributed by atoms with E-state index in [2.05, 4.69) is 10.9 Å². The summed E-state index contributed by atoms with van der Waals surface area (Å²) in [6.07, 6.45) is -0.855. The smallest absolute Gasteiger partial charge is 0.380 e. The van der Waals surface area contributed by atoms with E-state index in [0.29, 0.717) is 11.1 Å². The summed E-state index contributed by atoms with van der Waals surface area (Å²) in [5, 5.41) is 9.21. The van der Waals surface area contributed by atoms with Crippen LogP contribution < -0.4 is 10.9 Å². The Morgan fingerprint density at radius 2 is 1.71 bits per heavy atom. The van der Waals surface area contributed by atoms with Crippen LogP contribution in [0, 0.1) is 12.3 Å². The second kappa shape index (κ2) is 9.06. The average molecular weight is 390 g/mol. The summed E-state index contributed by atoms with van der Waals surface area (Å²) in [6.45, 7) is 0. The minimum atomic E-state index is -4.42. The van der Waals surface area contributed by atoms with Crippen molar-refractivity contribution in [3.8, 4) is 12.3 Å². The number of terminal acetylenes is 1. The van der Waals surface area contributed by atoms with Gasteiger partial charge in [-0.1, -0.05) is 36.3 Å². The van der Waals surface area contributed by atoms with E-state index in [0.717, 1.165) is 12.1 Å². The first-order valence-electron chi connectivity index (χ1n) is 8.18. The summed E-state index contributed by atoms with van der Waals surface area (Å²) in [5.74, 6) is 0.703. The zero-order valence-electron chi connectivity index (χ0n) is 14.6. The first kappa shape index (κ1) is 21.0. The number of alkyl halides is 3. The molecule has 28 heavy (non-hydrogen) atoms. The number of aliphatic hydroxyl groups excluding tert-OH is 1. The molecule has 0 aliphatic heterocycles. The molecule has 0 aliphatic rings. The van der Waals surface area contributed by atoms with E-state index in [1.165, 1.54) is 18.2 Å². The van der Waals surface area contributed by atoms with Gasteiger partial charge in [0.25, 0.3) is 5.91 Å². The van der Waals surface area contributed by atoms with Crippen molar-refractivity contribution in [2.45, 2.75) is 25.1 Å². The van der Waals surface area contributed by atoms with Gasteiger partial charge in [0.15, 0.2) is 0 Å². The van der Waals surface area contributed by atoms with Gasteiger partial charge in [-0.15, -0.1) is 6.42 Å². The third-order valence-electron chi connectivity index (χ3n) is 3.82. The number of carbonyl (C=O) groups excluding carboxylic acids is 2. The normalized spacial score (nSPS) is 12.0. The molecule has 1 unspecified atom stereocenters. The van der Waals surface area contributed by atoms with E-state index in [-0.39, 0.29) is 18.4 Å². The summed E-state index contributed by atoms with van der Waals surface area (Å²) < 4.78 is 38.0. The number of hydrogen-bond donors (Lipinski definition) is 3. The van der Waals surface area contributed by atoms with Gasteiger partial charge >= 0.3 is 6.18 Å². The van der Waals surface area contributed by atoms with E-state index >= 15 is 0 Å². The Bertz CT molecular complexity index is 887. The second-order valence-corrected chi connectivity index (χ2v) is 5.92. The lowest BCUT2D eigenvalue weighted by Gasteiger charge is -2.12. The van der Waals surface area contributed by atoms with E-state index in [1.54, 1.807) is 18.2 Å². The predicted octanol–water partition coefficient (Wildman–Crippen LogP) is 2.44. The molecule has 2 aromatic carbocycles. The number of halogens is 3. The molecule has 0 bridgehead atoms. The molecule has 0 heterocycles. The highest BCUT2D eigenvalue weighted by atomic mass is 19.4. The largest absolute Gasteiger partial charge is 0.416 e. The zero-order valence-corrected chi connectivity index (χ0v) is 14.6. The maximum Gasteiger partial charge on any atom is 0.416 e. The van der Waals surface area contributed by atoms with Gasteiger partial charge in [-0.25, -0.2) is 0 Å². The number of amides is 2. The van der Waals surface area contributed by atoms with E-state index < -0.39 is 29.7 Å². The van der Waals surface area contributed by atoms with Crippen LogP contribution >= 0.6 is 0 Å². The van der Waals surface area contributed by atoms with Crippen LogP contribution in [0.5, 0.6) is 0 Å². The van der Waals surface area contributed by atoms with E-state index in [1.807, 2.05) is 5.92 Å². The third kappa shape index (κ3) is 5.86. The van der Waals surface area contributed by atoms with Crippen LogP contribution in [0.4, 0.5) is 13.2 Å². The van der Waals surface area contributed by atoms with Crippen LogP contribution in [0.1, 0.15) is 33.5 Å². The summed E-state index contributed by atoms with van der Waals surface area (Å²) in [7, 11) is 0. The Morgan fingerprint density at radius 1 is 1.07 bits per heavy atom. The lowest BCUT2D eigenvalue weighted by atomic mass is 9.98. The van der Waals surface area contributed by atoms with Crippen LogP contribution in [0.3, 0.4) is 0 Å². The van der Waals surface area contributed by atoms with Crippen LogP contribution in [0.25, 0.3) is 0 Å². The standard InChI is InChI=1S/C20H17F3N2O3/c1-2-16(26)12-18(27)24-25-19(28)17-6-4-3-5-14(17)11-13-7-9-15(10-8-13)20(21,22)23/h1,3-10,16,26H,11-12H2,(H,24,27)(H,25,28). The number of hydrogen-bond acceptors (Lipinski definition) is 3. The van der Waals surface area contributed by atoms with Crippen LogP contribution in [-0.4, -0.2) is 23.0 Å². The molecule has 0 fully saturated rings. The van der Waals surface area contributed by atoms with Gasteiger partial charge in [-0.3, -0.25) is 20.4 Å². The summed E-state index contributed by atoms with van der Waals surface area (Å²) in [6, 6.07) is 11.2. The van der Waals surface area contributed by atoms with Crippen LogP contribution in [0.2, 0.25) is 0 Å². The lowest BCUT2D eigenvalue weighted by molar-refractivity contribution is -0.137. The Morgan fingerprint density at radius 3 is 2.32 bits per heavy atom. The molecule has 3 N–H and O–H groups in total. The minimum Gasteiger partial charge on any atom is -0.380 e. The monoisotopic (exact) mass is 390 g/mol. The lowest BCUT2D eigenvalue weighted by Crippen LogP contribution is -2.42. The first-order valence-corrected chi connectivity index (χ1v) is 8.18. The Labute approximate surface area is 159 Å². The van der Waals surface area contributed by atoms with Gasteiger partial charge < -0.3 is 5.11 Å². The second-order valence-electron chi connectivity index (χ2n) is 5.92. The number of benzene rings is 2. The highest BCUT2D eigenvalue weighted by Gasteiger charge is 2.29. The molecule has 2 aromatic rings. The summed E-state index contributed by atoms with van der Waals surface area (Å²) in [4.78, 5) is 23.9. The van der Waals surface area contributed by atoms with E-state index in [9.17, 15) is 27.9 Å². The van der Waals surface area contributed by atoms with Crippen molar-refractivity contribution in [1.82, 2.24) is 10.9 Å². The zero-order chi connectivity index (χ0) is 20.7. The fraction of sp³-hybridized carbons (Fsp3) is 0.200. The molecule has 2 rings (SSSR count). The molecule has 0 spiro atoms. The molecule has 2 amide bonds. The molecule has 0 saturated carbocycles. The van der Waals surface area contributed by atoms with Crippen LogP contribution in [-0.2, 0) is 17.4 Å². The topological polar surface area (TPSA) is 78.4 Å². The highest BCUT2D eigenvalue weighted by Crippen LogP contribution is 2.29. The van der Waals surface area contributed by atoms with Gasteiger partial charge in [0.2, 0.25) is 5.91 Å². The third-order valence-corrected chi connectivity index (χ3v) is 3.82. The number of rotatable bonds is 5. The van der Waals surface area contributed by atoms with Gasteiger partial charge in [-0.05, 0) is 35.7 Å². The van der Waals surface area contributed by atoms with Crippen molar-refractivity contribution in [2.24, 2.45) is 0 Å². The Balaban J connectivity index is 2.07. The maximum atomic E-state index is 12.7. The summed E-state index contributed by atoms with van der Waals surface area (Å²) >= 11 is 0. The predicted molar refractivity (Wildman–Crippen MR) is 95.8 cm³/mol. The number of aliphatic hydroxyl groups is 1. The fourth-order valence-corrected chi connectivity index (χ4v) is 2.41. The van der Waals surface area contributed by atoms with Crippen molar-refractivity contribution >= 4 is 11.8 Å². The van der Waals surface area contributed by atoms with Crippen molar-refractivity contribution in [1.29, 1.82) is 0 Å². The minimum absolute atomic E-state index is 0.228. The van der Waals surface area contributed by atoms with Gasteiger partial charge in [0.05, 0.1) is 12.0 Å². The van der Waals surface area contributed by atoms with Crippen LogP contribution in [0.15, 0.2) is 48.5 Å². The first-order chi connectivity index (χ1) is 13.2. The Kier molecular flexibility index (Phi) is 6.79. The van der Waals surface area contributed by atoms with Gasteiger partial charge in [0, 0.05) is 5.56 Å². The Hall–Kier alpha value is -3.31. The molecule has 8 heteroatoms. The van der Waals surface area contributed by atoms with Gasteiger partial charge in [0.1, 0.15) is 6.10 Å². The number of carbonyl (C=O) groups is 2. The molecule has 1 atom stereocenters. The number of nitrogens with one attached hydrogen (secondary N) is 2. The molecular weight excluding hydrogens is 373 g/mol. The quantitative estimate of drug-likeness (QED) is 0.542. The molecular formula is C20H17F3N2O3. The van der Waals surface area contributed by atoms with Crippen molar-refractivity contribution in [3.05, 3.63) is 70.8 Å². The molecule has 0 aliphatic carbocycles. The molecule has 5 nitrogen and oxygen atoms in total. The summed E-state index contributed by atoms with van der Waals surface area (Å²) in [5.41, 5.74) is 5.02.